The number of benzene rings is 1. The molecule has 0 aliphatic carbocycles. The van der Waals surface area contributed by atoms with Gasteiger partial charge in [-0.1, -0.05) is 31.5 Å². The van der Waals surface area contributed by atoms with E-state index in [2.05, 4.69) is 50.3 Å². The highest BCUT2D eigenvalue weighted by molar-refractivity contribution is 7.99. The summed E-state index contributed by atoms with van der Waals surface area (Å²) in [7, 11) is 0. The van der Waals surface area contributed by atoms with E-state index < -0.39 is 0 Å². The molecule has 4 rings (SSSR count). The highest BCUT2D eigenvalue weighted by atomic mass is 32.2. The first-order valence-corrected chi connectivity index (χ1v) is 9.96. The predicted molar refractivity (Wildman–Crippen MR) is 109 cm³/mol. The van der Waals surface area contributed by atoms with Crippen LogP contribution in [0, 0.1) is 0 Å². The fraction of sp³-hybridized carbons (Fsp3) is 0.250. The van der Waals surface area contributed by atoms with Gasteiger partial charge >= 0.3 is 0 Å². The summed E-state index contributed by atoms with van der Waals surface area (Å²) >= 11 is 1.63. The van der Waals surface area contributed by atoms with E-state index in [1.165, 1.54) is 19.2 Å². The maximum Gasteiger partial charge on any atom is 0.175 e. The molecule has 138 valence electrons. The van der Waals surface area contributed by atoms with Crippen molar-refractivity contribution in [2.45, 2.75) is 42.8 Å². The maximum atomic E-state index is 6.02. The first kappa shape index (κ1) is 17.6. The number of anilines is 1. The highest BCUT2D eigenvalue weighted by Crippen LogP contribution is 2.31. The minimum absolute atomic E-state index is 0.430. The Morgan fingerprint density at radius 1 is 1.04 bits per heavy atom. The lowest BCUT2D eigenvalue weighted by Gasteiger charge is -2.08. The first-order chi connectivity index (χ1) is 13.3. The molecule has 0 bridgehead atoms. The molecule has 2 N–H and O–H groups in total. The van der Waals surface area contributed by atoms with Gasteiger partial charge in [-0.3, -0.25) is 0 Å². The number of nitrogens with zero attached hydrogens (tertiary/aromatic N) is 5. The summed E-state index contributed by atoms with van der Waals surface area (Å²) < 4.78 is 4.25. The van der Waals surface area contributed by atoms with Crippen LogP contribution < -0.4 is 5.73 Å². The normalized spacial score (nSPS) is 11.3. The van der Waals surface area contributed by atoms with E-state index in [-0.39, 0.29) is 0 Å². The Morgan fingerprint density at radius 3 is 2.56 bits per heavy atom. The van der Waals surface area contributed by atoms with Crippen molar-refractivity contribution in [1.29, 1.82) is 0 Å². The van der Waals surface area contributed by atoms with Gasteiger partial charge in [-0.25, -0.2) is 15.0 Å². The number of unbranched alkanes of at least 4 members (excludes halogenated alkanes) is 2. The summed E-state index contributed by atoms with van der Waals surface area (Å²) in [5, 5.41) is 0.905. The zero-order valence-electron chi connectivity index (χ0n) is 15.2. The van der Waals surface area contributed by atoms with E-state index in [4.69, 9.17) is 10.7 Å². The van der Waals surface area contributed by atoms with Crippen molar-refractivity contribution in [3.63, 3.8) is 0 Å². The topological polar surface area (TPSA) is 74.5 Å². The van der Waals surface area contributed by atoms with Gasteiger partial charge in [0.15, 0.2) is 22.1 Å². The number of hydrogen-bond donors (Lipinski definition) is 1. The first-order valence-electron chi connectivity index (χ1n) is 9.14. The lowest BCUT2D eigenvalue weighted by atomic mass is 10.2. The molecule has 27 heavy (non-hydrogen) atoms. The van der Waals surface area contributed by atoms with E-state index in [1.54, 1.807) is 11.8 Å². The number of aromatic nitrogens is 5. The fourth-order valence-corrected chi connectivity index (χ4v) is 3.94. The number of imidazole rings is 1. The molecule has 0 atom stereocenters. The minimum Gasteiger partial charge on any atom is -0.382 e. The van der Waals surface area contributed by atoms with Crippen LogP contribution in [0.4, 0.5) is 5.82 Å². The molecule has 0 aliphatic heterocycles. The van der Waals surface area contributed by atoms with Crippen LogP contribution in [0.1, 0.15) is 26.2 Å². The lowest BCUT2D eigenvalue weighted by Crippen LogP contribution is -2.02. The second-order valence-corrected chi connectivity index (χ2v) is 7.41. The van der Waals surface area contributed by atoms with Gasteiger partial charge in [0.05, 0.1) is 0 Å². The molecule has 0 radical (unpaired) electrons. The van der Waals surface area contributed by atoms with Crippen molar-refractivity contribution < 1.29 is 0 Å². The van der Waals surface area contributed by atoms with Gasteiger partial charge in [-0.05, 0) is 42.8 Å². The van der Waals surface area contributed by atoms with Gasteiger partial charge in [0.1, 0.15) is 6.33 Å². The number of aryl methyl sites for hydroxylation is 1. The average molecular weight is 379 g/mol. The van der Waals surface area contributed by atoms with Crippen molar-refractivity contribution >= 4 is 28.7 Å². The molecule has 3 heterocycles. The molecule has 6 nitrogen and oxygen atoms in total. The Balaban J connectivity index is 1.64. The Kier molecular flexibility index (Phi) is 5.11. The third-order valence-corrected chi connectivity index (χ3v) is 5.46. The molecule has 7 heteroatoms. The monoisotopic (exact) mass is 378 g/mol. The number of nitrogens with two attached hydrogens (primary N) is 1. The van der Waals surface area contributed by atoms with Crippen LogP contribution in [0.25, 0.3) is 16.9 Å². The molecule has 0 saturated heterocycles. The predicted octanol–water partition coefficient (Wildman–Crippen LogP) is 4.54. The zero-order valence-corrected chi connectivity index (χ0v) is 16.1. The number of nitrogen functional groups attached to an aromatic ring is 1. The molecule has 1 aromatic carbocycles. The summed E-state index contributed by atoms with van der Waals surface area (Å²) in [4.78, 5) is 14.4. The second kappa shape index (κ2) is 7.84. The van der Waals surface area contributed by atoms with Gasteiger partial charge in [0.2, 0.25) is 0 Å². The van der Waals surface area contributed by atoms with Crippen LogP contribution in [0.2, 0.25) is 0 Å². The van der Waals surface area contributed by atoms with Crippen molar-refractivity contribution in [1.82, 2.24) is 24.1 Å². The van der Waals surface area contributed by atoms with Gasteiger partial charge in [-0.2, -0.15) is 0 Å². The quantitative estimate of drug-likeness (QED) is 0.478. The molecular weight excluding hydrogens is 356 g/mol. The van der Waals surface area contributed by atoms with Crippen LogP contribution in [0.5, 0.6) is 0 Å². The summed E-state index contributed by atoms with van der Waals surface area (Å²) in [5.41, 5.74) is 8.65. The molecule has 0 saturated carbocycles. The molecule has 0 amide bonds. The second-order valence-electron chi connectivity index (χ2n) is 6.37. The van der Waals surface area contributed by atoms with E-state index in [0.29, 0.717) is 11.3 Å². The van der Waals surface area contributed by atoms with Crippen LogP contribution in [0.15, 0.2) is 65.2 Å². The molecule has 0 aliphatic rings. The Bertz CT molecular complexity index is 1020. The van der Waals surface area contributed by atoms with Crippen molar-refractivity contribution in [3.05, 3.63) is 55.1 Å². The molecular formula is C20H22N6S. The van der Waals surface area contributed by atoms with E-state index >= 15 is 0 Å². The third-order valence-electron chi connectivity index (χ3n) is 4.46. The highest BCUT2D eigenvalue weighted by Gasteiger charge is 2.15. The minimum atomic E-state index is 0.430. The molecule has 0 spiro atoms. The van der Waals surface area contributed by atoms with Crippen LogP contribution in [0.3, 0.4) is 0 Å². The van der Waals surface area contributed by atoms with Crippen LogP contribution >= 0.6 is 11.8 Å². The zero-order chi connectivity index (χ0) is 18.6. The number of rotatable bonds is 7. The van der Waals surface area contributed by atoms with E-state index in [0.717, 1.165) is 34.4 Å². The smallest absolute Gasteiger partial charge is 0.175 e. The molecule has 0 unspecified atom stereocenters. The molecule has 3 aromatic heterocycles. The van der Waals surface area contributed by atoms with Gasteiger partial charge in [0, 0.05) is 29.5 Å². The summed E-state index contributed by atoms with van der Waals surface area (Å²) in [6.45, 7) is 3.08. The van der Waals surface area contributed by atoms with Crippen molar-refractivity contribution in [3.8, 4) is 5.69 Å². The molecule has 0 fully saturated rings. The Hall–Kier alpha value is -2.80. The van der Waals surface area contributed by atoms with Crippen molar-refractivity contribution in [2.75, 3.05) is 5.73 Å². The van der Waals surface area contributed by atoms with E-state index in [9.17, 15) is 0 Å². The SMILES string of the molecule is CCCCCn1c(Sc2ccc(-n3cccc3)cc2)nc2c(N)ncnc21. The Morgan fingerprint density at radius 2 is 1.81 bits per heavy atom. The van der Waals surface area contributed by atoms with Crippen LogP contribution in [-0.4, -0.2) is 24.1 Å². The third kappa shape index (κ3) is 3.68. The van der Waals surface area contributed by atoms with Crippen molar-refractivity contribution in [2.24, 2.45) is 0 Å². The van der Waals surface area contributed by atoms with Gasteiger partial charge in [0.25, 0.3) is 0 Å². The fourth-order valence-electron chi connectivity index (χ4n) is 3.03. The lowest BCUT2D eigenvalue weighted by molar-refractivity contribution is 0.575. The largest absolute Gasteiger partial charge is 0.382 e. The molecule has 4 aromatic rings. The summed E-state index contributed by atoms with van der Waals surface area (Å²) in [6.07, 6.45) is 9.03. The summed E-state index contributed by atoms with van der Waals surface area (Å²) in [5.74, 6) is 0.430. The number of fused-ring (bicyclic) bond motifs is 1. The summed E-state index contributed by atoms with van der Waals surface area (Å²) in [6, 6.07) is 12.5. The average Bonchev–Trinajstić information content (AvgIpc) is 3.33. The van der Waals surface area contributed by atoms with Crippen LogP contribution in [-0.2, 0) is 6.54 Å². The van der Waals surface area contributed by atoms with Gasteiger partial charge < -0.3 is 14.9 Å². The standard InChI is InChI=1S/C20H22N6S/c1-2-3-4-13-26-19-17(18(21)22-14-23-19)24-20(26)27-16-9-7-15(8-10-16)25-11-5-6-12-25/h5-12,14H,2-4,13H2,1H3,(H2,21,22,23). The number of hydrogen-bond acceptors (Lipinski definition) is 5. The van der Waals surface area contributed by atoms with Gasteiger partial charge in [-0.15, -0.1) is 0 Å². The van der Waals surface area contributed by atoms with E-state index in [1.807, 2.05) is 24.5 Å². The maximum absolute atomic E-state index is 6.02. The Labute approximate surface area is 162 Å².